The number of hydrogen-bond acceptors (Lipinski definition) is 4. The predicted molar refractivity (Wildman–Crippen MR) is 73.8 cm³/mol. The van der Waals surface area contributed by atoms with E-state index in [2.05, 4.69) is 20.8 Å². The van der Waals surface area contributed by atoms with E-state index in [0.29, 0.717) is 24.5 Å². The predicted octanol–water partition coefficient (Wildman–Crippen LogP) is 3.14. The van der Waals surface area contributed by atoms with Gasteiger partial charge in [-0.1, -0.05) is 27.2 Å². The summed E-state index contributed by atoms with van der Waals surface area (Å²) in [6.07, 6.45) is 6.05. The van der Waals surface area contributed by atoms with Crippen molar-refractivity contribution in [2.24, 2.45) is 23.2 Å². The topological polar surface area (TPSA) is 52.6 Å². The maximum absolute atomic E-state index is 11.1. The molecule has 0 atom stereocenters. The molecular weight excluding hydrogens is 264 g/mol. The third-order valence-corrected chi connectivity index (χ3v) is 6.16. The van der Waals surface area contributed by atoms with E-state index in [9.17, 15) is 8.42 Å². The SMILES string of the molecule is CCC(C)(C)C1CCC(C2COS(=O)(=O)OC2)CC1. The van der Waals surface area contributed by atoms with E-state index in [1.165, 1.54) is 32.1 Å². The minimum absolute atomic E-state index is 0.245. The van der Waals surface area contributed by atoms with E-state index >= 15 is 0 Å². The Morgan fingerprint density at radius 2 is 1.53 bits per heavy atom. The molecule has 112 valence electrons. The summed E-state index contributed by atoms with van der Waals surface area (Å²) in [5.41, 5.74) is 0.424. The second kappa shape index (κ2) is 5.70. The standard InChI is InChI=1S/C14H26O4S/c1-4-14(2,3)13-7-5-11(6-8-13)12-9-17-19(15,16)18-10-12/h11-13H,4-10H2,1-3H3. The molecule has 2 rings (SSSR count). The lowest BCUT2D eigenvalue weighted by Gasteiger charge is -2.41. The molecule has 19 heavy (non-hydrogen) atoms. The Morgan fingerprint density at radius 3 is 2.00 bits per heavy atom. The lowest BCUT2D eigenvalue weighted by atomic mass is 9.66. The molecule has 0 aromatic carbocycles. The Balaban J connectivity index is 1.84. The molecule has 2 aliphatic rings. The summed E-state index contributed by atoms with van der Waals surface area (Å²) >= 11 is 0. The summed E-state index contributed by atoms with van der Waals surface area (Å²) < 4.78 is 31.7. The van der Waals surface area contributed by atoms with Crippen molar-refractivity contribution in [3.8, 4) is 0 Å². The molecule has 1 heterocycles. The van der Waals surface area contributed by atoms with Gasteiger partial charge in [0.15, 0.2) is 0 Å². The molecule has 0 bridgehead atoms. The lowest BCUT2D eigenvalue weighted by Crippen LogP contribution is -2.36. The van der Waals surface area contributed by atoms with Crippen LogP contribution in [0.2, 0.25) is 0 Å². The smallest absolute Gasteiger partial charge is 0.248 e. The fraction of sp³-hybridized carbons (Fsp3) is 1.00. The zero-order valence-corrected chi connectivity index (χ0v) is 13.0. The normalized spacial score (nSPS) is 33.2. The van der Waals surface area contributed by atoms with Crippen LogP contribution in [0.5, 0.6) is 0 Å². The van der Waals surface area contributed by atoms with E-state index in [1.807, 2.05) is 0 Å². The van der Waals surface area contributed by atoms with Gasteiger partial charge >= 0.3 is 10.4 Å². The fourth-order valence-corrected chi connectivity index (χ4v) is 4.11. The highest BCUT2D eigenvalue weighted by Crippen LogP contribution is 2.44. The summed E-state index contributed by atoms with van der Waals surface area (Å²) in [7, 11) is -3.69. The molecule has 0 spiro atoms. The molecule has 0 unspecified atom stereocenters. The molecule has 0 N–H and O–H groups in total. The second-order valence-electron chi connectivity index (χ2n) is 6.69. The molecule has 2 fully saturated rings. The molecule has 1 aliphatic carbocycles. The van der Waals surface area contributed by atoms with Gasteiger partial charge in [-0.05, 0) is 42.9 Å². The van der Waals surface area contributed by atoms with E-state index in [1.54, 1.807) is 0 Å². The van der Waals surface area contributed by atoms with Gasteiger partial charge in [0.05, 0.1) is 13.2 Å². The van der Waals surface area contributed by atoms with Gasteiger partial charge in [0.1, 0.15) is 0 Å². The number of rotatable bonds is 3. The third kappa shape index (κ3) is 3.70. The van der Waals surface area contributed by atoms with Crippen molar-refractivity contribution in [2.75, 3.05) is 13.2 Å². The average molecular weight is 290 g/mol. The largest absolute Gasteiger partial charge is 0.399 e. The first-order chi connectivity index (χ1) is 8.84. The van der Waals surface area contributed by atoms with Crippen LogP contribution in [0.25, 0.3) is 0 Å². The van der Waals surface area contributed by atoms with Crippen molar-refractivity contribution in [1.29, 1.82) is 0 Å². The van der Waals surface area contributed by atoms with Crippen LogP contribution >= 0.6 is 0 Å². The van der Waals surface area contributed by atoms with E-state index in [0.717, 1.165) is 5.92 Å². The van der Waals surface area contributed by atoms with Gasteiger partial charge in [-0.2, -0.15) is 8.42 Å². The van der Waals surface area contributed by atoms with Crippen LogP contribution in [0, 0.1) is 23.2 Å². The summed E-state index contributed by atoms with van der Waals surface area (Å²) in [5, 5.41) is 0. The fourth-order valence-electron chi connectivity index (χ4n) is 3.36. The molecule has 0 radical (unpaired) electrons. The molecule has 1 saturated carbocycles. The molecule has 5 heteroatoms. The molecule has 1 saturated heterocycles. The molecule has 1 aliphatic heterocycles. The van der Waals surface area contributed by atoms with Crippen molar-refractivity contribution in [1.82, 2.24) is 0 Å². The Hall–Kier alpha value is -0.130. The molecule has 4 nitrogen and oxygen atoms in total. The van der Waals surface area contributed by atoms with Crippen LogP contribution in [0.15, 0.2) is 0 Å². The Bertz CT molecular complexity index is 380. The minimum Gasteiger partial charge on any atom is -0.248 e. The van der Waals surface area contributed by atoms with E-state index in [4.69, 9.17) is 8.37 Å². The third-order valence-electron chi connectivity index (χ3n) is 5.31. The van der Waals surface area contributed by atoms with Crippen molar-refractivity contribution in [2.45, 2.75) is 52.9 Å². The summed E-state index contributed by atoms with van der Waals surface area (Å²) in [6.45, 7) is 7.58. The average Bonchev–Trinajstić information content (AvgIpc) is 2.39. The van der Waals surface area contributed by atoms with E-state index < -0.39 is 10.4 Å². The van der Waals surface area contributed by atoms with Crippen molar-refractivity contribution < 1.29 is 16.8 Å². The molecule has 0 aromatic heterocycles. The molecule has 0 aromatic rings. The monoisotopic (exact) mass is 290 g/mol. The Labute approximate surface area is 117 Å². The minimum atomic E-state index is -3.69. The summed E-state index contributed by atoms with van der Waals surface area (Å²) in [4.78, 5) is 0. The zero-order chi connectivity index (χ0) is 14.1. The van der Waals surface area contributed by atoms with Gasteiger partial charge in [-0.3, -0.25) is 0 Å². The first kappa shape index (κ1) is 15.3. The second-order valence-corrected chi connectivity index (χ2v) is 7.98. The van der Waals surface area contributed by atoms with Crippen LogP contribution < -0.4 is 0 Å². The maximum Gasteiger partial charge on any atom is 0.399 e. The van der Waals surface area contributed by atoms with Gasteiger partial charge in [0.2, 0.25) is 0 Å². The van der Waals surface area contributed by atoms with Crippen LogP contribution in [0.1, 0.15) is 52.9 Å². The Morgan fingerprint density at radius 1 is 1.00 bits per heavy atom. The zero-order valence-electron chi connectivity index (χ0n) is 12.2. The highest BCUT2D eigenvalue weighted by atomic mass is 32.3. The first-order valence-electron chi connectivity index (χ1n) is 7.38. The van der Waals surface area contributed by atoms with E-state index in [-0.39, 0.29) is 5.92 Å². The van der Waals surface area contributed by atoms with Gasteiger partial charge in [-0.25, -0.2) is 8.37 Å². The van der Waals surface area contributed by atoms with Gasteiger partial charge < -0.3 is 0 Å². The van der Waals surface area contributed by atoms with Crippen LogP contribution in [0.4, 0.5) is 0 Å². The van der Waals surface area contributed by atoms with Crippen molar-refractivity contribution >= 4 is 10.4 Å². The Kier molecular flexibility index (Phi) is 4.58. The van der Waals surface area contributed by atoms with Crippen LogP contribution in [0.3, 0.4) is 0 Å². The van der Waals surface area contributed by atoms with Crippen molar-refractivity contribution in [3.05, 3.63) is 0 Å². The maximum atomic E-state index is 11.1. The highest BCUT2D eigenvalue weighted by Gasteiger charge is 2.37. The number of hydrogen-bond donors (Lipinski definition) is 0. The molecule has 0 amide bonds. The summed E-state index contributed by atoms with van der Waals surface area (Å²) in [6, 6.07) is 0. The van der Waals surface area contributed by atoms with Crippen molar-refractivity contribution in [3.63, 3.8) is 0 Å². The quantitative estimate of drug-likeness (QED) is 0.801. The van der Waals surface area contributed by atoms with Gasteiger partial charge in [0, 0.05) is 5.92 Å². The summed E-state index contributed by atoms with van der Waals surface area (Å²) in [5.74, 6) is 1.59. The lowest BCUT2D eigenvalue weighted by molar-refractivity contribution is 0.0367. The van der Waals surface area contributed by atoms with Gasteiger partial charge in [-0.15, -0.1) is 0 Å². The molecular formula is C14H26O4S. The van der Waals surface area contributed by atoms with Crippen LogP contribution in [-0.4, -0.2) is 21.6 Å². The highest BCUT2D eigenvalue weighted by molar-refractivity contribution is 7.81. The van der Waals surface area contributed by atoms with Crippen LogP contribution in [-0.2, 0) is 18.8 Å². The van der Waals surface area contributed by atoms with Gasteiger partial charge in [0.25, 0.3) is 0 Å². The first-order valence-corrected chi connectivity index (χ1v) is 8.71.